The van der Waals surface area contributed by atoms with E-state index in [4.69, 9.17) is 0 Å². The van der Waals surface area contributed by atoms with Gasteiger partial charge in [0.2, 0.25) is 0 Å². The third-order valence-electron chi connectivity index (χ3n) is 0.847. The van der Waals surface area contributed by atoms with E-state index in [-0.39, 0.29) is 5.75 Å². The Morgan fingerprint density at radius 2 is 2.22 bits per heavy atom. The Hall–Kier alpha value is 0.0800. The zero-order valence-electron chi connectivity index (χ0n) is 5.89. The smallest absolute Gasteiger partial charge is 0.109 e. The highest BCUT2D eigenvalue weighted by Gasteiger charge is 2.03. The Kier molecular flexibility index (Phi) is 4.96. The summed E-state index contributed by atoms with van der Waals surface area (Å²) in [5.74, 6) is 0.835. The summed E-state index contributed by atoms with van der Waals surface area (Å²) in [6, 6.07) is 0. The van der Waals surface area contributed by atoms with Crippen LogP contribution in [-0.4, -0.2) is 21.9 Å². The molecule has 3 heteroatoms. The second-order valence-corrected chi connectivity index (χ2v) is 3.71. The van der Waals surface area contributed by atoms with Crippen LogP contribution < -0.4 is 0 Å². The molecule has 0 radical (unpaired) electrons. The number of rotatable bonds is 4. The molecule has 56 valence electrons. The van der Waals surface area contributed by atoms with E-state index in [0.29, 0.717) is 5.75 Å². The molecule has 0 saturated carbocycles. The summed E-state index contributed by atoms with van der Waals surface area (Å²) in [7, 11) is -0.925. The van der Waals surface area contributed by atoms with Gasteiger partial charge >= 0.3 is 0 Å². The van der Waals surface area contributed by atoms with Gasteiger partial charge in [-0.25, -0.2) is 4.39 Å². The van der Waals surface area contributed by atoms with Gasteiger partial charge in [-0.15, -0.1) is 0 Å². The molecular weight excluding hydrogens is 139 g/mol. The highest BCUT2D eigenvalue weighted by molar-refractivity contribution is 7.85. The van der Waals surface area contributed by atoms with Crippen LogP contribution in [0.5, 0.6) is 0 Å². The highest BCUT2D eigenvalue weighted by atomic mass is 32.2. The minimum atomic E-state index is -0.925. The number of hydrogen-bond acceptors (Lipinski definition) is 1. The van der Waals surface area contributed by atoms with Gasteiger partial charge in [-0.05, 0) is 13.3 Å². The van der Waals surface area contributed by atoms with Crippen LogP contribution in [-0.2, 0) is 10.8 Å². The van der Waals surface area contributed by atoms with Crippen LogP contribution >= 0.6 is 0 Å². The highest BCUT2D eigenvalue weighted by Crippen LogP contribution is 1.94. The molecule has 0 saturated heterocycles. The van der Waals surface area contributed by atoms with Crippen LogP contribution in [0.4, 0.5) is 4.39 Å². The quantitative estimate of drug-likeness (QED) is 0.596. The molecule has 0 heterocycles. The molecule has 0 aliphatic rings. The molecule has 2 atom stereocenters. The summed E-state index contributed by atoms with van der Waals surface area (Å²) in [4.78, 5) is 0. The molecule has 2 unspecified atom stereocenters. The van der Waals surface area contributed by atoms with E-state index in [2.05, 4.69) is 0 Å². The van der Waals surface area contributed by atoms with E-state index in [1.54, 1.807) is 0 Å². The Bertz CT molecular complexity index is 93.1. The molecule has 0 fully saturated rings. The minimum Gasteiger partial charge on any atom is -0.259 e. The minimum absolute atomic E-state index is 0.202. The Morgan fingerprint density at radius 1 is 1.67 bits per heavy atom. The molecule has 0 aromatic heterocycles. The fourth-order valence-electron chi connectivity index (χ4n) is 0.567. The zero-order chi connectivity index (χ0) is 7.28. The molecule has 0 aromatic carbocycles. The van der Waals surface area contributed by atoms with Gasteiger partial charge in [-0.2, -0.15) is 0 Å². The van der Waals surface area contributed by atoms with Gasteiger partial charge in [0, 0.05) is 16.6 Å². The van der Waals surface area contributed by atoms with Crippen LogP contribution in [0.2, 0.25) is 0 Å². The lowest BCUT2D eigenvalue weighted by atomic mass is 10.5. The first-order valence-electron chi connectivity index (χ1n) is 3.15. The summed E-state index contributed by atoms with van der Waals surface area (Å²) in [6.45, 7) is 3.38. The zero-order valence-corrected chi connectivity index (χ0v) is 6.71. The van der Waals surface area contributed by atoms with E-state index in [0.717, 1.165) is 6.42 Å². The predicted molar refractivity (Wildman–Crippen MR) is 38.7 cm³/mol. The maximum Gasteiger partial charge on any atom is 0.109 e. The number of halogens is 1. The SMILES string of the molecule is CCCS(=O)CC(C)F. The van der Waals surface area contributed by atoms with Crippen LogP contribution in [0.25, 0.3) is 0 Å². The standard InChI is InChI=1S/C6H13FOS/c1-3-4-9(8)5-6(2)7/h6H,3-5H2,1-2H3. The third kappa shape index (κ3) is 5.96. The van der Waals surface area contributed by atoms with E-state index >= 15 is 0 Å². The average molecular weight is 152 g/mol. The van der Waals surface area contributed by atoms with Crippen molar-refractivity contribution >= 4 is 10.8 Å². The largest absolute Gasteiger partial charge is 0.259 e. The van der Waals surface area contributed by atoms with Crippen LogP contribution in [0.15, 0.2) is 0 Å². The molecule has 0 aliphatic heterocycles. The van der Waals surface area contributed by atoms with Crippen molar-refractivity contribution < 1.29 is 8.60 Å². The van der Waals surface area contributed by atoms with E-state index in [1.165, 1.54) is 6.92 Å². The summed E-state index contributed by atoms with van der Waals surface area (Å²) in [6.07, 6.45) is -0.0448. The Balaban J connectivity index is 3.27. The average Bonchev–Trinajstić information content (AvgIpc) is 1.63. The molecule has 0 aliphatic carbocycles. The summed E-state index contributed by atoms with van der Waals surface area (Å²) >= 11 is 0. The van der Waals surface area contributed by atoms with E-state index in [9.17, 15) is 8.60 Å². The molecule has 0 bridgehead atoms. The van der Waals surface area contributed by atoms with Crippen LogP contribution in [0, 0.1) is 0 Å². The van der Waals surface area contributed by atoms with Crippen molar-refractivity contribution in [2.75, 3.05) is 11.5 Å². The van der Waals surface area contributed by atoms with Gasteiger partial charge in [0.1, 0.15) is 6.17 Å². The molecule has 0 aromatic rings. The van der Waals surface area contributed by atoms with E-state index < -0.39 is 17.0 Å². The molecule has 1 nitrogen and oxygen atoms in total. The van der Waals surface area contributed by atoms with Crippen molar-refractivity contribution in [3.05, 3.63) is 0 Å². The molecule has 0 spiro atoms. The second kappa shape index (κ2) is 4.91. The summed E-state index contributed by atoms with van der Waals surface area (Å²) < 4.78 is 22.8. The first kappa shape index (κ1) is 9.08. The van der Waals surface area contributed by atoms with Gasteiger partial charge in [0.05, 0.1) is 5.75 Å². The van der Waals surface area contributed by atoms with Gasteiger partial charge in [0.25, 0.3) is 0 Å². The number of hydrogen-bond donors (Lipinski definition) is 0. The van der Waals surface area contributed by atoms with E-state index in [1.807, 2.05) is 6.92 Å². The third-order valence-corrected chi connectivity index (χ3v) is 2.54. The topological polar surface area (TPSA) is 17.1 Å². The lowest BCUT2D eigenvalue weighted by molar-refractivity contribution is 0.395. The molecule has 0 N–H and O–H groups in total. The first-order chi connectivity index (χ1) is 4.16. The van der Waals surface area contributed by atoms with Crippen LogP contribution in [0.1, 0.15) is 20.3 Å². The predicted octanol–water partition coefficient (Wildman–Crippen LogP) is 1.50. The lowest BCUT2D eigenvalue weighted by Gasteiger charge is -1.98. The maximum absolute atomic E-state index is 12.1. The fourth-order valence-corrected chi connectivity index (χ4v) is 1.70. The Morgan fingerprint density at radius 3 is 2.56 bits per heavy atom. The van der Waals surface area contributed by atoms with Crippen molar-refractivity contribution in [3.63, 3.8) is 0 Å². The molecule has 0 rings (SSSR count). The van der Waals surface area contributed by atoms with Crippen molar-refractivity contribution in [3.8, 4) is 0 Å². The second-order valence-electron chi connectivity index (χ2n) is 2.09. The van der Waals surface area contributed by atoms with Crippen molar-refractivity contribution in [2.24, 2.45) is 0 Å². The van der Waals surface area contributed by atoms with Crippen LogP contribution in [0.3, 0.4) is 0 Å². The van der Waals surface area contributed by atoms with Crippen molar-refractivity contribution in [1.29, 1.82) is 0 Å². The summed E-state index contributed by atoms with van der Waals surface area (Å²) in [5.41, 5.74) is 0. The fraction of sp³-hybridized carbons (Fsp3) is 1.00. The monoisotopic (exact) mass is 152 g/mol. The lowest BCUT2D eigenvalue weighted by Crippen LogP contribution is -2.10. The normalized spacial score (nSPS) is 17.2. The summed E-state index contributed by atoms with van der Waals surface area (Å²) in [5, 5.41) is 0. The molecular formula is C6H13FOS. The van der Waals surface area contributed by atoms with Crippen molar-refractivity contribution in [2.45, 2.75) is 26.4 Å². The van der Waals surface area contributed by atoms with Gasteiger partial charge in [-0.3, -0.25) is 4.21 Å². The van der Waals surface area contributed by atoms with Gasteiger partial charge in [0.15, 0.2) is 0 Å². The molecule has 0 amide bonds. The van der Waals surface area contributed by atoms with Gasteiger partial charge in [-0.1, -0.05) is 6.92 Å². The maximum atomic E-state index is 12.1. The Labute approximate surface area is 58.1 Å². The van der Waals surface area contributed by atoms with Gasteiger partial charge < -0.3 is 0 Å². The van der Waals surface area contributed by atoms with Crippen molar-refractivity contribution in [1.82, 2.24) is 0 Å². The number of alkyl halides is 1. The first-order valence-corrected chi connectivity index (χ1v) is 4.64. The molecule has 9 heavy (non-hydrogen) atoms.